The van der Waals surface area contributed by atoms with Crippen molar-refractivity contribution in [2.45, 2.75) is 18.5 Å². The standard InChI is InChI=1S/C8H14N2O.2ClH/c11-5-7-2-1-6-3-9-4-8(6)10-7;;/h1,7-11H,2-5H2;2*1H. The van der Waals surface area contributed by atoms with Gasteiger partial charge in [0.2, 0.25) is 0 Å². The van der Waals surface area contributed by atoms with E-state index in [1.165, 1.54) is 5.57 Å². The fraction of sp³-hybridized carbons (Fsp3) is 0.750. The third-order valence-electron chi connectivity index (χ3n) is 2.45. The average molecular weight is 227 g/mol. The molecule has 3 nitrogen and oxygen atoms in total. The Hall–Kier alpha value is 0.200. The Kier molecular flexibility index (Phi) is 5.92. The van der Waals surface area contributed by atoms with Crippen molar-refractivity contribution in [3.05, 3.63) is 11.6 Å². The van der Waals surface area contributed by atoms with Gasteiger partial charge in [-0.1, -0.05) is 6.08 Å². The van der Waals surface area contributed by atoms with Gasteiger partial charge in [-0.15, -0.1) is 24.8 Å². The maximum Gasteiger partial charge on any atom is 0.0587 e. The quantitative estimate of drug-likeness (QED) is 0.556. The van der Waals surface area contributed by atoms with Gasteiger partial charge in [-0.2, -0.15) is 0 Å². The van der Waals surface area contributed by atoms with E-state index in [4.69, 9.17) is 5.11 Å². The summed E-state index contributed by atoms with van der Waals surface area (Å²) in [6.45, 7) is 2.29. The first-order valence-corrected chi connectivity index (χ1v) is 4.16. The number of hydrogen-bond donors (Lipinski definition) is 3. The number of halogens is 2. The lowest BCUT2D eigenvalue weighted by molar-refractivity contribution is 0.233. The van der Waals surface area contributed by atoms with Gasteiger partial charge in [-0.3, -0.25) is 0 Å². The first kappa shape index (κ1) is 13.2. The Morgan fingerprint density at radius 1 is 1.46 bits per heavy atom. The molecule has 2 unspecified atom stereocenters. The lowest BCUT2D eigenvalue weighted by Gasteiger charge is -2.25. The van der Waals surface area contributed by atoms with Crippen molar-refractivity contribution in [1.82, 2.24) is 10.6 Å². The summed E-state index contributed by atoms with van der Waals surface area (Å²) in [7, 11) is 0. The second-order valence-corrected chi connectivity index (χ2v) is 3.24. The van der Waals surface area contributed by atoms with Crippen LogP contribution in [0.3, 0.4) is 0 Å². The molecule has 78 valence electrons. The molecule has 0 aromatic rings. The van der Waals surface area contributed by atoms with Crippen molar-refractivity contribution >= 4 is 24.8 Å². The van der Waals surface area contributed by atoms with Crippen molar-refractivity contribution < 1.29 is 5.11 Å². The normalized spacial score (nSPS) is 31.0. The van der Waals surface area contributed by atoms with Gasteiger partial charge in [-0.25, -0.2) is 0 Å². The minimum absolute atomic E-state index is 0. The van der Waals surface area contributed by atoms with Crippen molar-refractivity contribution in [2.75, 3.05) is 19.7 Å². The summed E-state index contributed by atoms with van der Waals surface area (Å²) in [6.07, 6.45) is 3.23. The average Bonchev–Trinajstić information content (AvgIpc) is 2.50. The zero-order chi connectivity index (χ0) is 7.68. The van der Waals surface area contributed by atoms with E-state index in [0.29, 0.717) is 6.04 Å². The molecule has 0 aromatic heterocycles. The highest BCUT2D eigenvalue weighted by atomic mass is 35.5. The maximum absolute atomic E-state index is 8.90. The Morgan fingerprint density at radius 2 is 2.23 bits per heavy atom. The SMILES string of the molecule is Cl.Cl.OCC1CC=C2CNCC2N1. The molecular weight excluding hydrogens is 211 g/mol. The predicted octanol–water partition coefficient (Wildman–Crippen LogP) is 0.0824. The molecule has 2 aliphatic heterocycles. The molecule has 0 saturated carbocycles. The van der Waals surface area contributed by atoms with Crippen molar-refractivity contribution in [3.8, 4) is 0 Å². The zero-order valence-corrected chi connectivity index (χ0v) is 8.96. The van der Waals surface area contributed by atoms with E-state index in [1.807, 2.05) is 0 Å². The van der Waals surface area contributed by atoms with Crippen LogP contribution in [0.4, 0.5) is 0 Å². The van der Waals surface area contributed by atoms with Gasteiger partial charge >= 0.3 is 0 Å². The summed E-state index contributed by atoms with van der Waals surface area (Å²) in [5.74, 6) is 0. The number of aliphatic hydroxyl groups is 1. The lowest BCUT2D eigenvalue weighted by atomic mass is 10.0. The fourth-order valence-corrected chi connectivity index (χ4v) is 1.77. The molecule has 2 heterocycles. The molecule has 0 aromatic carbocycles. The van der Waals surface area contributed by atoms with E-state index < -0.39 is 0 Å². The van der Waals surface area contributed by atoms with E-state index in [0.717, 1.165) is 19.5 Å². The third kappa shape index (κ3) is 2.82. The summed E-state index contributed by atoms with van der Waals surface area (Å²) < 4.78 is 0. The molecule has 3 N–H and O–H groups in total. The van der Waals surface area contributed by atoms with E-state index in [1.54, 1.807) is 0 Å². The van der Waals surface area contributed by atoms with Crippen LogP contribution in [0.1, 0.15) is 6.42 Å². The molecule has 0 aliphatic carbocycles. The smallest absolute Gasteiger partial charge is 0.0587 e. The highest BCUT2D eigenvalue weighted by Gasteiger charge is 2.25. The van der Waals surface area contributed by atoms with Crippen LogP contribution in [0, 0.1) is 0 Å². The Labute approximate surface area is 90.8 Å². The molecule has 13 heavy (non-hydrogen) atoms. The summed E-state index contributed by atoms with van der Waals surface area (Å²) in [5, 5.41) is 15.6. The number of hydrogen-bond acceptors (Lipinski definition) is 3. The van der Waals surface area contributed by atoms with Crippen LogP contribution in [0.5, 0.6) is 0 Å². The van der Waals surface area contributed by atoms with Crippen molar-refractivity contribution in [3.63, 3.8) is 0 Å². The second-order valence-electron chi connectivity index (χ2n) is 3.24. The first-order valence-electron chi connectivity index (χ1n) is 4.16. The van der Waals surface area contributed by atoms with Crippen LogP contribution in [0.15, 0.2) is 11.6 Å². The van der Waals surface area contributed by atoms with Gasteiger partial charge in [0.1, 0.15) is 0 Å². The summed E-state index contributed by atoms with van der Waals surface area (Å²) >= 11 is 0. The minimum atomic E-state index is 0. The largest absolute Gasteiger partial charge is 0.395 e. The highest BCUT2D eigenvalue weighted by Crippen LogP contribution is 2.15. The van der Waals surface area contributed by atoms with Gasteiger partial charge in [0.15, 0.2) is 0 Å². The van der Waals surface area contributed by atoms with E-state index in [9.17, 15) is 0 Å². The van der Waals surface area contributed by atoms with Gasteiger partial charge in [-0.05, 0) is 12.0 Å². The minimum Gasteiger partial charge on any atom is -0.395 e. The van der Waals surface area contributed by atoms with Crippen LogP contribution < -0.4 is 10.6 Å². The van der Waals surface area contributed by atoms with E-state index >= 15 is 0 Å². The second kappa shape index (κ2) is 5.83. The van der Waals surface area contributed by atoms with Crippen LogP contribution in [0.25, 0.3) is 0 Å². The molecule has 1 fully saturated rings. The van der Waals surface area contributed by atoms with Crippen molar-refractivity contribution in [1.29, 1.82) is 0 Å². The molecule has 0 amide bonds. The molecule has 1 saturated heterocycles. The first-order chi connectivity index (χ1) is 5.40. The number of fused-ring (bicyclic) bond motifs is 1. The molecule has 0 radical (unpaired) electrons. The van der Waals surface area contributed by atoms with Gasteiger partial charge in [0.05, 0.1) is 6.61 Å². The Balaban J connectivity index is 0.000000720. The molecule has 2 atom stereocenters. The summed E-state index contributed by atoms with van der Waals surface area (Å²) in [4.78, 5) is 0. The Morgan fingerprint density at radius 3 is 2.92 bits per heavy atom. The van der Waals surface area contributed by atoms with Gasteiger partial charge in [0.25, 0.3) is 0 Å². The molecule has 0 bridgehead atoms. The molecule has 5 heteroatoms. The maximum atomic E-state index is 8.90. The number of rotatable bonds is 1. The zero-order valence-electron chi connectivity index (χ0n) is 7.32. The lowest BCUT2D eigenvalue weighted by Crippen LogP contribution is -2.44. The summed E-state index contributed by atoms with van der Waals surface area (Å²) in [5.41, 5.74) is 1.47. The van der Waals surface area contributed by atoms with E-state index in [-0.39, 0.29) is 37.5 Å². The van der Waals surface area contributed by atoms with Crippen LogP contribution >= 0.6 is 24.8 Å². The van der Waals surface area contributed by atoms with E-state index in [2.05, 4.69) is 16.7 Å². The predicted molar refractivity (Wildman–Crippen MR) is 57.9 cm³/mol. The topological polar surface area (TPSA) is 44.3 Å². The fourth-order valence-electron chi connectivity index (χ4n) is 1.77. The van der Waals surface area contributed by atoms with Crippen LogP contribution in [0.2, 0.25) is 0 Å². The van der Waals surface area contributed by atoms with Crippen LogP contribution in [-0.2, 0) is 0 Å². The van der Waals surface area contributed by atoms with Crippen LogP contribution in [-0.4, -0.2) is 36.9 Å². The number of nitrogens with one attached hydrogen (secondary N) is 2. The molecular formula is C8H16Cl2N2O. The molecule has 2 aliphatic rings. The van der Waals surface area contributed by atoms with Gasteiger partial charge in [0, 0.05) is 25.2 Å². The Bertz CT molecular complexity index is 187. The van der Waals surface area contributed by atoms with Crippen molar-refractivity contribution in [2.24, 2.45) is 0 Å². The molecule has 0 spiro atoms. The molecule has 2 rings (SSSR count). The van der Waals surface area contributed by atoms with Gasteiger partial charge < -0.3 is 15.7 Å². The monoisotopic (exact) mass is 226 g/mol. The third-order valence-corrected chi connectivity index (χ3v) is 2.45. The number of aliphatic hydroxyl groups excluding tert-OH is 1. The summed E-state index contributed by atoms with van der Waals surface area (Å²) in [6, 6.07) is 0.768. The highest BCUT2D eigenvalue weighted by molar-refractivity contribution is 5.85.